The highest BCUT2D eigenvalue weighted by molar-refractivity contribution is 5.88. The molecular formula is C25H25F3N4O3. The monoisotopic (exact) mass is 486 g/mol. The van der Waals surface area contributed by atoms with Gasteiger partial charge in [-0.25, -0.2) is 4.98 Å². The van der Waals surface area contributed by atoms with E-state index in [9.17, 15) is 22.8 Å². The number of aromatic nitrogens is 2. The summed E-state index contributed by atoms with van der Waals surface area (Å²) in [5.41, 5.74) is 2.96. The molecule has 0 radical (unpaired) electrons. The Morgan fingerprint density at radius 3 is 2.71 bits per heavy atom. The van der Waals surface area contributed by atoms with Gasteiger partial charge in [0.2, 0.25) is 0 Å². The van der Waals surface area contributed by atoms with Gasteiger partial charge in [-0.3, -0.25) is 9.59 Å². The Balaban J connectivity index is 1.56. The first-order chi connectivity index (χ1) is 16.6. The van der Waals surface area contributed by atoms with Crippen molar-refractivity contribution in [3.8, 4) is 11.1 Å². The number of hydrogen-bond acceptors (Lipinski definition) is 5. The third-order valence-electron chi connectivity index (χ3n) is 7.11. The topological polar surface area (TPSA) is 87.3 Å². The maximum Gasteiger partial charge on any atom is 0.437 e. The molecule has 35 heavy (non-hydrogen) atoms. The number of amides is 1. The summed E-state index contributed by atoms with van der Waals surface area (Å²) in [6.07, 6.45) is 0.494. The van der Waals surface area contributed by atoms with Crippen LogP contribution >= 0.6 is 0 Å². The molecule has 0 unspecified atom stereocenters. The molecule has 3 aromatic rings. The number of fused-ring (bicyclic) bond motifs is 2. The molecule has 1 amide bonds. The van der Waals surface area contributed by atoms with Gasteiger partial charge in [-0.05, 0) is 79.3 Å². The SMILES string of the molecule is Cc1c[nH]c2ncc(-c3cc4c(c([C@@H]5CCCN5)c3)CN(C(=O)[C@@](C)(OC=O)C(F)(F)F)C4)cc12. The Morgan fingerprint density at radius 2 is 2.03 bits per heavy atom. The number of H-pyrrole nitrogens is 1. The number of rotatable bonds is 5. The van der Waals surface area contributed by atoms with Crippen molar-refractivity contribution < 1.29 is 27.5 Å². The van der Waals surface area contributed by atoms with E-state index in [0.717, 1.165) is 68.7 Å². The number of nitrogens with zero attached hydrogens (tertiary/aromatic N) is 2. The zero-order valence-electron chi connectivity index (χ0n) is 19.3. The van der Waals surface area contributed by atoms with E-state index in [4.69, 9.17) is 0 Å². The molecule has 0 saturated carbocycles. The average molecular weight is 486 g/mol. The molecule has 1 fully saturated rings. The molecule has 2 aliphatic heterocycles. The van der Waals surface area contributed by atoms with Crippen LogP contribution in [0.4, 0.5) is 13.2 Å². The number of benzene rings is 1. The number of carbonyl (C=O) groups excluding carboxylic acids is 2. The number of hydrogen-bond donors (Lipinski definition) is 2. The van der Waals surface area contributed by atoms with Crippen LogP contribution in [0, 0.1) is 6.92 Å². The van der Waals surface area contributed by atoms with Crippen LogP contribution in [-0.4, -0.2) is 45.6 Å². The van der Waals surface area contributed by atoms with E-state index >= 15 is 0 Å². The first kappa shape index (κ1) is 23.3. The number of halogens is 3. The Hall–Kier alpha value is -3.40. The molecule has 2 N–H and O–H groups in total. The van der Waals surface area contributed by atoms with E-state index in [1.54, 1.807) is 6.20 Å². The molecule has 0 aliphatic carbocycles. The lowest BCUT2D eigenvalue weighted by Crippen LogP contribution is -2.56. The van der Waals surface area contributed by atoms with Crippen molar-refractivity contribution in [3.05, 3.63) is 52.8 Å². The Kier molecular flexibility index (Phi) is 5.58. The van der Waals surface area contributed by atoms with Crippen LogP contribution < -0.4 is 5.32 Å². The summed E-state index contributed by atoms with van der Waals surface area (Å²) in [5, 5.41) is 4.45. The van der Waals surface area contributed by atoms with Crippen molar-refractivity contribution in [1.29, 1.82) is 0 Å². The highest BCUT2D eigenvalue weighted by Gasteiger charge is 2.61. The second-order valence-corrected chi connectivity index (χ2v) is 9.35. The molecular weight excluding hydrogens is 461 g/mol. The van der Waals surface area contributed by atoms with Gasteiger partial charge in [0.15, 0.2) is 0 Å². The Labute approximate surface area is 199 Å². The third kappa shape index (κ3) is 3.85. The molecule has 0 bridgehead atoms. The number of carbonyl (C=O) groups is 2. The van der Waals surface area contributed by atoms with Crippen molar-refractivity contribution >= 4 is 23.4 Å². The standard InChI is InChI=1S/C25H25F3N4O3/c1-14-9-30-22-18(14)8-16(10-31-22)15-6-17-11-32(23(34)24(2,35-13-33)25(26,27)28)12-20(17)19(7-15)21-4-3-5-29-21/h6-10,13,21,29H,3-5,11-12H2,1-2H3,(H,30,31)/t21-,24+/m0/s1. The zero-order valence-corrected chi connectivity index (χ0v) is 19.3. The molecule has 7 nitrogen and oxygen atoms in total. The summed E-state index contributed by atoms with van der Waals surface area (Å²) in [7, 11) is 0. The average Bonchev–Trinajstić information content (AvgIpc) is 3.57. The molecule has 5 rings (SSSR count). The van der Waals surface area contributed by atoms with Crippen molar-refractivity contribution in [2.45, 2.75) is 57.6 Å². The van der Waals surface area contributed by atoms with Gasteiger partial charge >= 0.3 is 6.18 Å². The van der Waals surface area contributed by atoms with Crippen LogP contribution in [0.15, 0.2) is 30.6 Å². The minimum atomic E-state index is -5.05. The first-order valence-corrected chi connectivity index (χ1v) is 11.4. The van der Waals surface area contributed by atoms with Crippen LogP contribution in [0.2, 0.25) is 0 Å². The minimum absolute atomic E-state index is 0.00549. The third-order valence-corrected chi connectivity index (χ3v) is 7.11. The fourth-order valence-corrected chi connectivity index (χ4v) is 5.04. The first-order valence-electron chi connectivity index (χ1n) is 11.4. The van der Waals surface area contributed by atoms with Crippen molar-refractivity contribution in [2.75, 3.05) is 6.54 Å². The lowest BCUT2D eigenvalue weighted by atomic mass is 9.91. The number of nitrogens with one attached hydrogen (secondary N) is 2. The van der Waals surface area contributed by atoms with Crippen LogP contribution in [0.5, 0.6) is 0 Å². The molecule has 2 aromatic heterocycles. The number of alkyl halides is 3. The molecule has 1 saturated heterocycles. The fourth-order valence-electron chi connectivity index (χ4n) is 5.04. The second-order valence-electron chi connectivity index (χ2n) is 9.35. The van der Waals surface area contributed by atoms with Gasteiger partial charge in [0, 0.05) is 42.5 Å². The molecule has 0 spiro atoms. The summed E-state index contributed by atoms with van der Waals surface area (Å²) in [4.78, 5) is 32.6. The summed E-state index contributed by atoms with van der Waals surface area (Å²) in [6.45, 7) is 3.12. The summed E-state index contributed by atoms with van der Waals surface area (Å²) in [6, 6.07) is 6.05. The zero-order chi connectivity index (χ0) is 25.0. The predicted octanol–water partition coefficient (Wildman–Crippen LogP) is 4.30. The molecule has 2 aliphatic rings. The quantitative estimate of drug-likeness (QED) is 0.525. The normalized spacial score (nSPS) is 19.6. The Morgan fingerprint density at radius 1 is 1.23 bits per heavy atom. The van der Waals surface area contributed by atoms with Gasteiger partial charge in [0.05, 0.1) is 0 Å². The molecule has 2 atom stereocenters. The highest BCUT2D eigenvalue weighted by Crippen LogP contribution is 2.41. The molecule has 4 heterocycles. The maximum absolute atomic E-state index is 13.7. The molecule has 1 aromatic carbocycles. The van der Waals surface area contributed by atoms with Crippen molar-refractivity contribution in [1.82, 2.24) is 20.2 Å². The van der Waals surface area contributed by atoms with Gasteiger partial charge < -0.3 is 19.9 Å². The number of pyridine rings is 1. The minimum Gasteiger partial charge on any atom is -0.442 e. The highest BCUT2D eigenvalue weighted by atomic mass is 19.4. The van der Waals surface area contributed by atoms with E-state index in [2.05, 4.69) is 20.0 Å². The summed E-state index contributed by atoms with van der Waals surface area (Å²) < 4.78 is 45.5. The van der Waals surface area contributed by atoms with Gasteiger partial charge in [-0.1, -0.05) is 0 Å². The number of ether oxygens (including phenoxy) is 1. The summed E-state index contributed by atoms with van der Waals surface area (Å²) >= 11 is 0. The van der Waals surface area contributed by atoms with Crippen LogP contribution in [0.25, 0.3) is 22.2 Å². The number of aromatic amines is 1. The van der Waals surface area contributed by atoms with Gasteiger partial charge in [-0.15, -0.1) is 0 Å². The van der Waals surface area contributed by atoms with E-state index in [1.165, 1.54) is 0 Å². The van der Waals surface area contributed by atoms with Crippen LogP contribution in [0.3, 0.4) is 0 Å². The molecule has 10 heteroatoms. The van der Waals surface area contributed by atoms with Crippen molar-refractivity contribution in [3.63, 3.8) is 0 Å². The number of aryl methyl sites for hydroxylation is 1. The van der Waals surface area contributed by atoms with Crippen LogP contribution in [-0.2, 0) is 27.4 Å². The Bertz CT molecular complexity index is 1310. The van der Waals surface area contributed by atoms with E-state index in [-0.39, 0.29) is 25.6 Å². The van der Waals surface area contributed by atoms with Gasteiger partial charge in [0.1, 0.15) is 5.65 Å². The summed E-state index contributed by atoms with van der Waals surface area (Å²) in [5.74, 6) is -1.29. The van der Waals surface area contributed by atoms with E-state index in [1.807, 2.05) is 31.3 Å². The smallest absolute Gasteiger partial charge is 0.437 e. The largest absolute Gasteiger partial charge is 0.442 e. The fraction of sp³-hybridized carbons (Fsp3) is 0.400. The van der Waals surface area contributed by atoms with Gasteiger partial charge in [-0.2, -0.15) is 13.2 Å². The van der Waals surface area contributed by atoms with Crippen molar-refractivity contribution in [2.24, 2.45) is 0 Å². The van der Waals surface area contributed by atoms with E-state index < -0.39 is 17.7 Å². The molecule has 184 valence electrons. The van der Waals surface area contributed by atoms with Crippen LogP contribution in [0.1, 0.15) is 48.1 Å². The second kappa shape index (κ2) is 8.37. The predicted molar refractivity (Wildman–Crippen MR) is 122 cm³/mol. The lowest BCUT2D eigenvalue weighted by molar-refractivity contribution is -0.255. The lowest BCUT2D eigenvalue weighted by Gasteiger charge is -2.32. The van der Waals surface area contributed by atoms with E-state index in [0.29, 0.717) is 6.92 Å². The maximum atomic E-state index is 13.7. The van der Waals surface area contributed by atoms with Gasteiger partial charge in [0.25, 0.3) is 18.0 Å².